The zero-order chi connectivity index (χ0) is 8.97. The molecular weight excluding hydrogens is 152 g/mol. The lowest BCUT2D eigenvalue weighted by molar-refractivity contribution is 0.437. The lowest BCUT2D eigenvalue weighted by atomic mass is 10.1. The number of hydrogen-bond donors (Lipinski definition) is 2. The predicted octanol–water partition coefficient (Wildman–Crippen LogP) is 0.850. The summed E-state index contributed by atoms with van der Waals surface area (Å²) in [5.74, 6) is 2.22. The normalized spacial score (nSPS) is 13.2. The molecule has 3 N–H and O–H groups in total. The molecule has 1 heterocycles. The van der Waals surface area contributed by atoms with Gasteiger partial charge in [0.2, 0.25) is 0 Å². The number of aryl methyl sites for hydroxylation is 1. The monoisotopic (exact) mass is 168 g/mol. The van der Waals surface area contributed by atoms with E-state index < -0.39 is 0 Å². The van der Waals surface area contributed by atoms with Crippen molar-refractivity contribution in [2.45, 2.75) is 12.8 Å². The maximum Gasteiger partial charge on any atom is 0.109 e. The molecule has 0 aliphatic heterocycles. The van der Waals surface area contributed by atoms with Crippen LogP contribution in [0.15, 0.2) is 16.5 Å². The van der Waals surface area contributed by atoms with E-state index in [1.54, 1.807) is 0 Å². The number of furan rings is 1. The lowest BCUT2D eigenvalue weighted by Crippen LogP contribution is -2.23. The first-order valence-electron chi connectivity index (χ1n) is 4.19. The minimum absolute atomic E-state index is 0.295. The molecule has 3 heteroatoms. The van der Waals surface area contributed by atoms with Gasteiger partial charge >= 0.3 is 0 Å². The summed E-state index contributed by atoms with van der Waals surface area (Å²) in [5, 5.41) is 3.09. The Hall–Kier alpha value is -0.800. The van der Waals surface area contributed by atoms with Crippen LogP contribution in [0.25, 0.3) is 0 Å². The molecule has 0 bridgehead atoms. The van der Waals surface area contributed by atoms with Crippen LogP contribution in [0.4, 0.5) is 0 Å². The highest BCUT2D eigenvalue weighted by Crippen LogP contribution is 2.16. The molecular formula is C9H16N2O. The SMILES string of the molecule is CNCC(CN)c1ccc(C)o1. The number of nitrogens with one attached hydrogen (secondary N) is 1. The van der Waals surface area contributed by atoms with E-state index in [4.69, 9.17) is 10.2 Å². The fourth-order valence-corrected chi connectivity index (χ4v) is 1.22. The first kappa shape index (κ1) is 9.29. The Morgan fingerprint density at radius 1 is 1.58 bits per heavy atom. The van der Waals surface area contributed by atoms with E-state index in [0.717, 1.165) is 18.1 Å². The van der Waals surface area contributed by atoms with Crippen molar-refractivity contribution in [3.63, 3.8) is 0 Å². The van der Waals surface area contributed by atoms with E-state index in [2.05, 4.69) is 5.32 Å². The molecule has 0 aliphatic rings. The molecule has 0 fully saturated rings. The van der Waals surface area contributed by atoms with Gasteiger partial charge in [0.05, 0.1) is 0 Å². The van der Waals surface area contributed by atoms with Crippen LogP contribution in [0.1, 0.15) is 17.4 Å². The number of hydrogen-bond acceptors (Lipinski definition) is 3. The molecule has 1 aromatic rings. The van der Waals surface area contributed by atoms with Gasteiger partial charge in [-0.2, -0.15) is 0 Å². The summed E-state index contributed by atoms with van der Waals surface area (Å²) in [6.07, 6.45) is 0. The van der Waals surface area contributed by atoms with Crippen molar-refractivity contribution < 1.29 is 4.42 Å². The van der Waals surface area contributed by atoms with Crippen molar-refractivity contribution in [1.29, 1.82) is 0 Å². The van der Waals surface area contributed by atoms with Crippen LogP contribution in [0, 0.1) is 6.92 Å². The molecule has 1 unspecified atom stereocenters. The second-order valence-electron chi connectivity index (χ2n) is 2.94. The highest BCUT2D eigenvalue weighted by Gasteiger charge is 2.11. The van der Waals surface area contributed by atoms with E-state index in [1.165, 1.54) is 0 Å². The third-order valence-electron chi connectivity index (χ3n) is 1.90. The number of rotatable bonds is 4. The summed E-state index contributed by atoms with van der Waals surface area (Å²) >= 11 is 0. The topological polar surface area (TPSA) is 51.2 Å². The highest BCUT2D eigenvalue weighted by atomic mass is 16.3. The molecule has 0 saturated heterocycles. The summed E-state index contributed by atoms with van der Waals surface area (Å²) < 4.78 is 5.47. The molecule has 1 rings (SSSR count). The zero-order valence-corrected chi connectivity index (χ0v) is 7.63. The Labute approximate surface area is 72.9 Å². The Morgan fingerprint density at radius 3 is 2.75 bits per heavy atom. The average molecular weight is 168 g/mol. The fraction of sp³-hybridized carbons (Fsp3) is 0.556. The fourth-order valence-electron chi connectivity index (χ4n) is 1.22. The smallest absolute Gasteiger partial charge is 0.109 e. The minimum Gasteiger partial charge on any atom is -0.466 e. The van der Waals surface area contributed by atoms with Crippen LogP contribution in [-0.4, -0.2) is 20.1 Å². The van der Waals surface area contributed by atoms with Gasteiger partial charge in [-0.1, -0.05) is 0 Å². The minimum atomic E-state index is 0.295. The van der Waals surface area contributed by atoms with Crippen LogP contribution in [0.5, 0.6) is 0 Å². The van der Waals surface area contributed by atoms with Crippen LogP contribution >= 0.6 is 0 Å². The van der Waals surface area contributed by atoms with Gasteiger partial charge in [-0.15, -0.1) is 0 Å². The maximum atomic E-state index is 5.60. The largest absolute Gasteiger partial charge is 0.466 e. The Balaban J connectivity index is 2.66. The summed E-state index contributed by atoms with van der Waals surface area (Å²) in [4.78, 5) is 0. The van der Waals surface area contributed by atoms with E-state index in [1.807, 2.05) is 26.1 Å². The average Bonchev–Trinajstić information content (AvgIpc) is 2.47. The van der Waals surface area contributed by atoms with Gasteiger partial charge < -0.3 is 15.5 Å². The molecule has 0 saturated carbocycles. The second kappa shape index (κ2) is 4.28. The molecule has 0 aromatic carbocycles. The van der Waals surface area contributed by atoms with Crippen LogP contribution < -0.4 is 11.1 Å². The summed E-state index contributed by atoms with van der Waals surface area (Å²) in [5.41, 5.74) is 5.60. The van der Waals surface area contributed by atoms with Crippen molar-refractivity contribution in [1.82, 2.24) is 5.32 Å². The van der Waals surface area contributed by atoms with Gasteiger partial charge in [-0.3, -0.25) is 0 Å². The van der Waals surface area contributed by atoms with E-state index in [0.29, 0.717) is 12.5 Å². The molecule has 0 radical (unpaired) electrons. The van der Waals surface area contributed by atoms with E-state index in [9.17, 15) is 0 Å². The standard InChI is InChI=1S/C9H16N2O/c1-7-3-4-9(12-7)8(5-10)6-11-2/h3-4,8,11H,5-6,10H2,1-2H3. The molecule has 0 aliphatic carbocycles. The third-order valence-corrected chi connectivity index (χ3v) is 1.90. The van der Waals surface area contributed by atoms with Gasteiger partial charge in [-0.05, 0) is 26.1 Å². The molecule has 1 aromatic heterocycles. The second-order valence-corrected chi connectivity index (χ2v) is 2.94. The van der Waals surface area contributed by atoms with E-state index >= 15 is 0 Å². The Kier molecular flexibility index (Phi) is 3.31. The van der Waals surface area contributed by atoms with Gasteiger partial charge in [0.1, 0.15) is 11.5 Å². The summed E-state index contributed by atoms with van der Waals surface area (Å²) in [6, 6.07) is 3.96. The highest BCUT2D eigenvalue weighted by molar-refractivity contribution is 5.11. The molecule has 0 spiro atoms. The third kappa shape index (κ3) is 2.09. The van der Waals surface area contributed by atoms with Gasteiger partial charge in [0.25, 0.3) is 0 Å². The van der Waals surface area contributed by atoms with Crippen molar-refractivity contribution in [3.8, 4) is 0 Å². The van der Waals surface area contributed by atoms with Gasteiger partial charge in [0.15, 0.2) is 0 Å². The predicted molar refractivity (Wildman–Crippen MR) is 49.2 cm³/mol. The van der Waals surface area contributed by atoms with Crippen molar-refractivity contribution >= 4 is 0 Å². The number of likely N-dealkylation sites (N-methyl/N-ethyl adjacent to an activating group) is 1. The number of nitrogens with two attached hydrogens (primary N) is 1. The van der Waals surface area contributed by atoms with Crippen LogP contribution in [0.2, 0.25) is 0 Å². The lowest BCUT2D eigenvalue weighted by Gasteiger charge is -2.10. The zero-order valence-electron chi connectivity index (χ0n) is 7.63. The quantitative estimate of drug-likeness (QED) is 0.700. The summed E-state index contributed by atoms with van der Waals surface area (Å²) in [6.45, 7) is 3.42. The van der Waals surface area contributed by atoms with E-state index in [-0.39, 0.29) is 0 Å². The molecule has 0 amide bonds. The molecule has 68 valence electrons. The molecule has 12 heavy (non-hydrogen) atoms. The Bertz CT molecular complexity index is 232. The molecule has 3 nitrogen and oxygen atoms in total. The van der Waals surface area contributed by atoms with Gasteiger partial charge in [-0.25, -0.2) is 0 Å². The molecule has 1 atom stereocenters. The van der Waals surface area contributed by atoms with Crippen LogP contribution in [0.3, 0.4) is 0 Å². The first-order valence-corrected chi connectivity index (χ1v) is 4.19. The first-order chi connectivity index (χ1) is 5.77. The maximum absolute atomic E-state index is 5.60. The van der Waals surface area contributed by atoms with Gasteiger partial charge in [0, 0.05) is 19.0 Å². The van der Waals surface area contributed by atoms with Crippen molar-refractivity contribution in [2.24, 2.45) is 5.73 Å². The Morgan fingerprint density at radius 2 is 2.33 bits per heavy atom. The summed E-state index contributed by atoms with van der Waals surface area (Å²) in [7, 11) is 1.92. The van der Waals surface area contributed by atoms with Crippen molar-refractivity contribution in [3.05, 3.63) is 23.7 Å². The van der Waals surface area contributed by atoms with Crippen molar-refractivity contribution in [2.75, 3.05) is 20.1 Å². The van der Waals surface area contributed by atoms with Crippen LogP contribution in [-0.2, 0) is 0 Å².